The van der Waals surface area contributed by atoms with Crippen LogP contribution in [0.4, 0.5) is 13.2 Å². The molecule has 3 nitrogen and oxygen atoms in total. The summed E-state index contributed by atoms with van der Waals surface area (Å²) in [6.07, 6.45) is -3.03. The van der Waals surface area contributed by atoms with Gasteiger partial charge in [0.05, 0.1) is 0 Å². The molecular weight excluding hydrogens is 353 g/mol. The summed E-state index contributed by atoms with van der Waals surface area (Å²) in [4.78, 5) is 7.52. The average Bonchev–Trinajstić information content (AvgIpc) is 2.60. The molecule has 0 aliphatic carbocycles. The van der Waals surface area contributed by atoms with Gasteiger partial charge in [0.2, 0.25) is 5.88 Å². The second kappa shape index (κ2) is 7.11. The zero-order chi connectivity index (χ0) is 17.9. The van der Waals surface area contributed by atoms with Crippen LogP contribution < -0.4 is 4.74 Å². The minimum absolute atomic E-state index is 0.227. The number of halogens is 4. The fourth-order valence-electron chi connectivity index (χ4n) is 2.19. The van der Waals surface area contributed by atoms with Gasteiger partial charge >= 0.3 is 6.18 Å². The van der Waals surface area contributed by atoms with Gasteiger partial charge in [-0.3, -0.25) is 0 Å². The third kappa shape index (κ3) is 4.28. The van der Waals surface area contributed by atoms with Gasteiger partial charge in [0, 0.05) is 17.8 Å². The molecule has 0 fully saturated rings. The number of alkyl halides is 3. The maximum absolute atomic E-state index is 12.7. The van der Waals surface area contributed by atoms with Crippen LogP contribution in [0.3, 0.4) is 0 Å². The molecule has 2 heterocycles. The number of benzene rings is 1. The molecule has 0 spiro atoms. The Labute approximate surface area is 147 Å². The molecule has 25 heavy (non-hydrogen) atoms. The van der Waals surface area contributed by atoms with Gasteiger partial charge in [-0.1, -0.05) is 41.9 Å². The van der Waals surface area contributed by atoms with E-state index in [1.165, 1.54) is 12.3 Å². The molecule has 1 aromatic carbocycles. The lowest BCUT2D eigenvalue weighted by Gasteiger charge is -2.10. The van der Waals surface area contributed by atoms with Crippen molar-refractivity contribution in [3.63, 3.8) is 0 Å². The Bertz CT molecular complexity index is 870. The summed E-state index contributed by atoms with van der Waals surface area (Å²) in [6, 6.07) is 15.0. The Morgan fingerprint density at radius 3 is 2.44 bits per heavy atom. The van der Waals surface area contributed by atoms with E-state index in [0.717, 1.165) is 11.6 Å². The third-order valence-electron chi connectivity index (χ3n) is 3.41. The first kappa shape index (κ1) is 17.2. The predicted molar refractivity (Wildman–Crippen MR) is 88.3 cm³/mol. The lowest BCUT2D eigenvalue weighted by atomic mass is 10.1. The summed E-state index contributed by atoms with van der Waals surface area (Å²) in [5, 5.41) is -0.227. The van der Waals surface area contributed by atoms with E-state index in [0.29, 0.717) is 23.6 Å². The number of hydrogen-bond donors (Lipinski definition) is 0. The minimum Gasteiger partial charge on any atom is -0.473 e. The summed E-state index contributed by atoms with van der Waals surface area (Å²) in [7, 11) is 0. The van der Waals surface area contributed by atoms with E-state index in [2.05, 4.69) is 9.97 Å². The lowest BCUT2D eigenvalue weighted by Crippen LogP contribution is -2.08. The van der Waals surface area contributed by atoms with Crippen molar-refractivity contribution in [1.29, 1.82) is 0 Å². The molecule has 0 bridgehead atoms. The molecule has 3 rings (SSSR count). The molecule has 0 atom stereocenters. The van der Waals surface area contributed by atoms with Crippen molar-refractivity contribution in [3.8, 4) is 17.0 Å². The van der Waals surface area contributed by atoms with Crippen molar-refractivity contribution in [2.45, 2.75) is 12.8 Å². The molecule has 0 saturated carbocycles. The van der Waals surface area contributed by atoms with Crippen LogP contribution >= 0.6 is 11.6 Å². The molecule has 0 radical (unpaired) electrons. The minimum atomic E-state index is -4.54. The van der Waals surface area contributed by atoms with Crippen LogP contribution in [0.5, 0.6) is 5.88 Å². The van der Waals surface area contributed by atoms with E-state index in [4.69, 9.17) is 16.3 Å². The van der Waals surface area contributed by atoms with Crippen LogP contribution in [0.25, 0.3) is 11.1 Å². The maximum atomic E-state index is 12.7. The van der Waals surface area contributed by atoms with E-state index in [9.17, 15) is 13.2 Å². The first-order valence-electron chi connectivity index (χ1n) is 7.30. The summed E-state index contributed by atoms with van der Waals surface area (Å²) >= 11 is 5.92. The molecule has 7 heteroatoms. The fraction of sp³-hybridized carbons (Fsp3) is 0.111. The molecule has 0 saturated heterocycles. The van der Waals surface area contributed by atoms with Gasteiger partial charge in [0.1, 0.15) is 17.5 Å². The first-order chi connectivity index (χ1) is 11.9. The summed E-state index contributed by atoms with van der Waals surface area (Å²) in [5.41, 5.74) is 0.894. The summed E-state index contributed by atoms with van der Waals surface area (Å²) in [6.45, 7) is 0.330. The fourth-order valence-corrected chi connectivity index (χ4v) is 2.46. The van der Waals surface area contributed by atoms with Crippen molar-refractivity contribution in [1.82, 2.24) is 9.97 Å². The monoisotopic (exact) mass is 364 g/mol. The second-order valence-corrected chi connectivity index (χ2v) is 5.55. The Balaban J connectivity index is 1.82. The van der Waals surface area contributed by atoms with Gasteiger partial charge in [-0.15, -0.1) is 0 Å². The summed E-state index contributed by atoms with van der Waals surface area (Å²) < 4.78 is 43.6. The maximum Gasteiger partial charge on any atom is 0.433 e. The Morgan fingerprint density at radius 1 is 1.00 bits per heavy atom. The zero-order valence-electron chi connectivity index (χ0n) is 12.8. The second-order valence-electron chi connectivity index (χ2n) is 5.19. The largest absolute Gasteiger partial charge is 0.473 e. The average molecular weight is 365 g/mol. The van der Waals surface area contributed by atoms with Crippen LogP contribution in [-0.4, -0.2) is 9.97 Å². The normalized spacial score (nSPS) is 11.4. The van der Waals surface area contributed by atoms with E-state index >= 15 is 0 Å². The molecule has 0 aliphatic rings. The van der Waals surface area contributed by atoms with Crippen molar-refractivity contribution in [2.24, 2.45) is 0 Å². The van der Waals surface area contributed by atoms with E-state index in [1.54, 1.807) is 12.1 Å². The van der Waals surface area contributed by atoms with Crippen LogP contribution in [-0.2, 0) is 12.8 Å². The van der Waals surface area contributed by atoms with Crippen molar-refractivity contribution in [2.75, 3.05) is 0 Å². The Kier molecular flexibility index (Phi) is 4.90. The lowest BCUT2D eigenvalue weighted by molar-refractivity contribution is -0.141. The molecule has 0 N–H and O–H groups in total. The number of rotatable bonds is 4. The smallest absolute Gasteiger partial charge is 0.433 e. The van der Waals surface area contributed by atoms with E-state index < -0.39 is 11.9 Å². The van der Waals surface area contributed by atoms with Gasteiger partial charge < -0.3 is 4.74 Å². The first-order valence-corrected chi connectivity index (χ1v) is 7.68. The summed E-state index contributed by atoms with van der Waals surface area (Å²) in [5.74, 6) is 0.345. The van der Waals surface area contributed by atoms with Crippen LogP contribution in [0.2, 0.25) is 5.15 Å². The van der Waals surface area contributed by atoms with Crippen LogP contribution in [0.15, 0.2) is 60.8 Å². The highest BCUT2D eigenvalue weighted by Gasteiger charge is 2.33. The number of nitrogens with zero attached hydrogens (tertiary/aromatic N) is 2. The Hall–Kier alpha value is -2.60. The van der Waals surface area contributed by atoms with E-state index in [1.807, 2.05) is 30.3 Å². The highest BCUT2D eigenvalue weighted by Crippen LogP contribution is 2.33. The van der Waals surface area contributed by atoms with Crippen molar-refractivity contribution >= 4 is 11.6 Å². The topological polar surface area (TPSA) is 35.0 Å². The molecule has 0 aliphatic heterocycles. The molecule has 0 unspecified atom stereocenters. The molecule has 128 valence electrons. The molecule has 2 aromatic heterocycles. The van der Waals surface area contributed by atoms with Gasteiger partial charge in [-0.2, -0.15) is 13.2 Å². The van der Waals surface area contributed by atoms with Gasteiger partial charge in [-0.05, 0) is 29.3 Å². The van der Waals surface area contributed by atoms with E-state index in [-0.39, 0.29) is 5.15 Å². The highest BCUT2D eigenvalue weighted by molar-refractivity contribution is 6.32. The predicted octanol–water partition coefficient (Wildman–Crippen LogP) is 5.39. The third-order valence-corrected chi connectivity index (χ3v) is 3.70. The van der Waals surface area contributed by atoms with Gasteiger partial charge in [0.25, 0.3) is 0 Å². The van der Waals surface area contributed by atoms with Crippen LogP contribution in [0, 0.1) is 0 Å². The SMILES string of the molecule is FC(F)(F)c1ccc(-c2ccnc(OCc3ccccc3)c2)c(Cl)n1. The molecule has 0 amide bonds. The standard InChI is InChI=1S/C18H12ClF3N2O/c19-17-14(6-7-15(24-17)18(20,21)22)13-8-9-23-16(10-13)25-11-12-4-2-1-3-5-12/h1-10H,11H2. The molecule has 3 aromatic rings. The van der Waals surface area contributed by atoms with Gasteiger partial charge in [-0.25, -0.2) is 9.97 Å². The number of pyridine rings is 2. The van der Waals surface area contributed by atoms with Crippen molar-refractivity contribution in [3.05, 3.63) is 77.2 Å². The zero-order valence-corrected chi connectivity index (χ0v) is 13.6. The van der Waals surface area contributed by atoms with Crippen LogP contribution in [0.1, 0.15) is 11.3 Å². The number of ether oxygens (including phenoxy) is 1. The van der Waals surface area contributed by atoms with Gasteiger partial charge in [0.15, 0.2) is 0 Å². The highest BCUT2D eigenvalue weighted by atomic mass is 35.5. The number of hydrogen-bond acceptors (Lipinski definition) is 3. The Morgan fingerprint density at radius 2 is 1.76 bits per heavy atom. The number of aromatic nitrogens is 2. The molecular formula is C18H12ClF3N2O. The van der Waals surface area contributed by atoms with Crippen molar-refractivity contribution < 1.29 is 17.9 Å². The quantitative estimate of drug-likeness (QED) is 0.582.